The molecular formula is C15H19N3O3. The first-order valence-corrected chi connectivity index (χ1v) is 7.14. The average Bonchev–Trinajstić information content (AvgIpc) is 2.53. The van der Waals surface area contributed by atoms with E-state index in [2.05, 4.69) is 5.32 Å². The zero-order valence-corrected chi connectivity index (χ0v) is 12.3. The van der Waals surface area contributed by atoms with E-state index in [1.165, 1.54) is 16.2 Å². The van der Waals surface area contributed by atoms with Gasteiger partial charge >= 0.3 is 5.69 Å². The number of aromatic nitrogens is 2. The van der Waals surface area contributed by atoms with Crippen LogP contribution in [0.2, 0.25) is 0 Å². The van der Waals surface area contributed by atoms with Crippen molar-refractivity contribution in [2.24, 2.45) is 7.05 Å². The van der Waals surface area contributed by atoms with E-state index >= 15 is 0 Å². The third kappa shape index (κ3) is 2.15. The number of fused-ring (bicyclic) bond motifs is 1. The van der Waals surface area contributed by atoms with Crippen molar-refractivity contribution in [2.45, 2.75) is 18.9 Å². The molecule has 1 atom stereocenters. The second-order valence-electron chi connectivity index (χ2n) is 5.37. The number of ether oxygens (including phenoxy) is 1. The highest BCUT2D eigenvalue weighted by atomic mass is 16.5. The Morgan fingerprint density at radius 2 is 2.14 bits per heavy atom. The van der Waals surface area contributed by atoms with Gasteiger partial charge in [0.1, 0.15) is 11.3 Å². The summed E-state index contributed by atoms with van der Waals surface area (Å²) in [6, 6.07) is 5.19. The molecule has 6 heteroatoms. The quantitative estimate of drug-likeness (QED) is 0.881. The van der Waals surface area contributed by atoms with Crippen LogP contribution in [-0.4, -0.2) is 29.3 Å². The lowest BCUT2D eigenvalue weighted by molar-refractivity contribution is 0.350. The number of hydrogen-bond acceptors (Lipinski definition) is 4. The number of benzene rings is 1. The molecule has 1 aromatic carbocycles. The Kier molecular flexibility index (Phi) is 3.55. The van der Waals surface area contributed by atoms with Crippen LogP contribution < -0.4 is 21.3 Å². The Morgan fingerprint density at radius 1 is 1.33 bits per heavy atom. The van der Waals surface area contributed by atoms with Gasteiger partial charge in [0.15, 0.2) is 0 Å². The van der Waals surface area contributed by atoms with Gasteiger partial charge in [0.2, 0.25) is 0 Å². The van der Waals surface area contributed by atoms with Crippen LogP contribution >= 0.6 is 0 Å². The first kappa shape index (κ1) is 13.9. The van der Waals surface area contributed by atoms with E-state index in [0.717, 1.165) is 19.4 Å². The Balaban J connectivity index is 2.33. The number of nitrogens with one attached hydrogen (secondary N) is 1. The summed E-state index contributed by atoms with van der Waals surface area (Å²) in [5.41, 5.74) is 0.0291. The second kappa shape index (κ2) is 5.37. The summed E-state index contributed by atoms with van der Waals surface area (Å²) < 4.78 is 8.17. The third-order valence-electron chi connectivity index (χ3n) is 4.13. The number of aryl methyl sites for hydroxylation is 1. The maximum atomic E-state index is 12.7. The van der Waals surface area contributed by atoms with Crippen molar-refractivity contribution >= 4 is 10.9 Å². The van der Waals surface area contributed by atoms with Crippen molar-refractivity contribution in [1.29, 1.82) is 0 Å². The van der Waals surface area contributed by atoms with E-state index in [9.17, 15) is 9.59 Å². The topological polar surface area (TPSA) is 65.3 Å². The van der Waals surface area contributed by atoms with Crippen LogP contribution in [0.1, 0.15) is 18.9 Å². The van der Waals surface area contributed by atoms with Crippen LogP contribution in [0.3, 0.4) is 0 Å². The second-order valence-corrected chi connectivity index (χ2v) is 5.37. The fraction of sp³-hybridized carbons (Fsp3) is 0.467. The molecule has 1 saturated heterocycles. The Hall–Kier alpha value is -2.08. The first-order chi connectivity index (χ1) is 10.1. The number of nitrogens with zero attached hydrogens (tertiary/aromatic N) is 2. The van der Waals surface area contributed by atoms with Gasteiger partial charge < -0.3 is 10.1 Å². The van der Waals surface area contributed by atoms with Crippen molar-refractivity contribution in [3.05, 3.63) is 39.0 Å². The molecule has 0 bridgehead atoms. The molecule has 21 heavy (non-hydrogen) atoms. The van der Waals surface area contributed by atoms with E-state index in [0.29, 0.717) is 23.2 Å². The minimum Gasteiger partial charge on any atom is -0.495 e. The average molecular weight is 289 g/mol. The lowest BCUT2D eigenvalue weighted by Gasteiger charge is -2.25. The summed E-state index contributed by atoms with van der Waals surface area (Å²) >= 11 is 0. The van der Waals surface area contributed by atoms with Gasteiger partial charge in [-0.05, 0) is 31.5 Å². The standard InChI is InChI=1S/C15H19N3O3/c1-17-13-11(6-3-7-12(13)21-2)14(19)18(15(17)20)10-5-4-8-16-9-10/h3,6-7,10,16H,4-5,8-9H2,1-2H3. The summed E-state index contributed by atoms with van der Waals surface area (Å²) in [5.74, 6) is 0.540. The molecule has 112 valence electrons. The maximum Gasteiger partial charge on any atom is 0.331 e. The van der Waals surface area contributed by atoms with Crippen molar-refractivity contribution in [3.63, 3.8) is 0 Å². The van der Waals surface area contributed by atoms with Crippen LogP contribution in [0, 0.1) is 0 Å². The van der Waals surface area contributed by atoms with Gasteiger partial charge in [0, 0.05) is 13.6 Å². The summed E-state index contributed by atoms with van der Waals surface area (Å²) in [6.07, 6.45) is 1.81. The van der Waals surface area contributed by atoms with Crippen LogP contribution in [0.15, 0.2) is 27.8 Å². The lowest BCUT2D eigenvalue weighted by Crippen LogP contribution is -2.46. The summed E-state index contributed by atoms with van der Waals surface area (Å²) in [7, 11) is 3.22. The molecule has 0 spiro atoms. The monoisotopic (exact) mass is 289 g/mol. The number of para-hydroxylation sites is 1. The SMILES string of the molecule is COc1cccc2c(=O)n(C3CCCNC3)c(=O)n(C)c12. The van der Waals surface area contributed by atoms with E-state index < -0.39 is 0 Å². The molecule has 1 aliphatic heterocycles. The van der Waals surface area contributed by atoms with Crippen LogP contribution in [0.4, 0.5) is 0 Å². The molecule has 1 unspecified atom stereocenters. The van der Waals surface area contributed by atoms with Crippen molar-refractivity contribution in [2.75, 3.05) is 20.2 Å². The van der Waals surface area contributed by atoms with Crippen LogP contribution in [-0.2, 0) is 7.05 Å². The highest BCUT2D eigenvalue weighted by Crippen LogP contribution is 2.22. The lowest BCUT2D eigenvalue weighted by atomic mass is 10.1. The summed E-state index contributed by atoms with van der Waals surface area (Å²) in [6.45, 7) is 1.59. The largest absolute Gasteiger partial charge is 0.495 e. The predicted octanol–water partition coefficient (Wildman–Crippen LogP) is 0.633. The molecule has 0 radical (unpaired) electrons. The number of rotatable bonds is 2. The summed E-state index contributed by atoms with van der Waals surface area (Å²) in [5, 5.41) is 3.76. The van der Waals surface area contributed by atoms with Gasteiger partial charge in [-0.3, -0.25) is 13.9 Å². The van der Waals surface area contributed by atoms with E-state index in [4.69, 9.17) is 4.74 Å². The highest BCUT2D eigenvalue weighted by Gasteiger charge is 2.22. The van der Waals surface area contributed by atoms with Crippen molar-refractivity contribution in [3.8, 4) is 5.75 Å². The highest BCUT2D eigenvalue weighted by molar-refractivity contribution is 5.84. The minimum absolute atomic E-state index is 0.0828. The van der Waals surface area contributed by atoms with Gasteiger partial charge in [-0.2, -0.15) is 0 Å². The zero-order chi connectivity index (χ0) is 15.0. The van der Waals surface area contributed by atoms with Gasteiger partial charge in [0.25, 0.3) is 5.56 Å². The summed E-state index contributed by atoms with van der Waals surface area (Å²) in [4.78, 5) is 25.3. The fourth-order valence-electron chi connectivity index (χ4n) is 3.06. The molecule has 2 aromatic rings. The molecule has 1 N–H and O–H groups in total. The molecule has 3 rings (SSSR count). The zero-order valence-electron chi connectivity index (χ0n) is 12.3. The normalized spacial score (nSPS) is 18.9. The van der Waals surface area contributed by atoms with E-state index in [-0.39, 0.29) is 17.3 Å². The molecule has 2 heterocycles. The van der Waals surface area contributed by atoms with Gasteiger partial charge in [-0.15, -0.1) is 0 Å². The van der Waals surface area contributed by atoms with E-state index in [1.54, 1.807) is 25.2 Å². The fourth-order valence-corrected chi connectivity index (χ4v) is 3.06. The van der Waals surface area contributed by atoms with Crippen LogP contribution in [0.5, 0.6) is 5.75 Å². The number of methoxy groups -OCH3 is 1. The Morgan fingerprint density at radius 3 is 2.81 bits per heavy atom. The third-order valence-corrected chi connectivity index (χ3v) is 4.13. The smallest absolute Gasteiger partial charge is 0.331 e. The van der Waals surface area contributed by atoms with Crippen molar-refractivity contribution in [1.82, 2.24) is 14.5 Å². The molecule has 1 aliphatic rings. The van der Waals surface area contributed by atoms with E-state index in [1.807, 2.05) is 0 Å². The first-order valence-electron chi connectivity index (χ1n) is 7.14. The minimum atomic E-state index is -0.286. The Bertz CT molecular complexity index is 785. The van der Waals surface area contributed by atoms with Gasteiger partial charge in [0.05, 0.1) is 18.5 Å². The molecule has 0 amide bonds. The van der Waals surface area contributed by atoms with Gasteiger partial charge in [-0.25, -0.2) is 4.79 Å². The molecular weight excluding hydrogens is 270 g/mol. The molecule has 6 nitrogen and oxygen atoms in total. The molecule has 0 saturated carbocycles. The maximum absolute atomic E-state index is 12.7. The number of hydrogen-bond donors (Lipinski definition) is 1. The van der Waals surface area contributed by atoms with Gasteiger partial charge in [-0.1, -0.05) is 6.07 Å². The predicted molar refractivity (Wildman–Crippen MR) is 81.1 cm³/mol. The molecule has 1 fully saturated rings. The molecule has 0 aliphatic carbocycles. The Labute approximate surface area is 122 Å². The number of piperidine rings is 1. The van der Waals surface area contributed by atoms with Crippen LogP contribution in [0.25, 0.3) is 10.9 Å². The van der Waals surface area contributed by atoms with Crippen molar-refractivity contribution < 1.29 is 4.74 Å². The molecule has 1 aromatic heterocycles.